The molecule has 7 nitrogen and oxygen atoms in total. The lowest BCUT2D eigenvalue weighted by molar-refractivity contribution is 0.0690. The minimum Gasteiger partial charge on any atom is -0.477 e. The number of hydrogen-bond donors (Lipinski definition) is 3. The predicted octanol–water partition coefficient (Wildman–Crippen LogP) is 1.58. The van der Waals surface area contributed by atoms with Gasteiger partial charge >= 0.3 is 5.97 Å². The standard InChI is InChI=1S/C12H14N4O3/c1-6-8(7(2)19-16-6)5-14-11-9(13)3-4-10(15-11)12(17)18/h3-4H,5,13H2,1-2H3,(H,14,15)(H,17,18). The van der Waals surface area contributed by atoms with Gasteiger partial charge in [0.2, 0.25) is 0 Å². The first-order valence-electron chi connectivity index (χ1n) is 5.64. The molecule has 0 saturated heterocycles. The van der Waals surface area contributed by atoms with Gasteiger partial charge in [0.05, 0.1) is 11.4 Å². The van der Waals surface area contributed by atoms with Crippen LogP contribution in [0.15, 0.2) is 16.7 Å². The van der Waals surface area contributed by atoms with Gasteiger partial charge in [0.1, 0.15) is 11.6 Å². The Bertz CT molecular complexity index is 602. The molecule has 100 valence electrons. The summed E-state index contributed by atoms with van der Waals surface area (Å²) in [6.45, 7) is 4.06. The van der Waals surface area contributed by atoms with Crippen LogP contribution in [0.3, 0.4) is 0 Å². The van der Waals surface area contributed by atoms with Gasteiger partial charge < -0.3 is 20.7 Å². The molecule has 0 atom stereocenters. The van der Waals surface area contributed by atoms with Gasteiger partial charge in [-0.05, 0) is 26.0 Å². The van der Waals surface area contributed by atoms with E-state index in [0.717, 1.165) is 11.3 Å². The number of aromatic carboxylic acids is 1. The lowest BCUT2D eigenvalue weighted by Gasteiger charge is -2.08. The first kappa shape index (κ1) is 12.9. The number of nitrogen functional groups attached to an aromatic ring is 1. The third-order valence-electron chi connectivity index (χ3n) is 2.76. The number of nitrogens with zero attached hydrogens (tertiary/aromatic N) is 2. The van der Waals surface area contributed by atoms with Crippen molar-refractivity contribution >= 4 is 17.5 Å². The number of pyridine rings is 1. The molecule has 0 radical (unpaired) electrons. The minimum atomic E-state index is -1.10. The van der Waals surface area contributed by atoms with E-state index in [1.807, 2.05) is 13.8 Å². The number of anilines is 2. The van der Waals surface area contributed by atoms with Gasteiger partial charge in [-0.25, -0.2) is 9.78 Å². The zero-order valence-electron chi connectivity index (χ0n) is 10.6. The normalized spacial score (nSPS) is 10.4. The van der Waals surface area contributed by atoms with Gasteiger partial charge in [0.25, 0.3) is 0 Å². The molecule has 7 heteroatoms. The Labute approximate surface area is 109 Å². The molecular weight excluding hydrogens is 248 g/mol. The Morgan fingerprint density at radius 2 is 2.21 bits per heavy atom. The fourth-order valence-corrected chi connectivity index (χ4v) is 1.66. The Balaban J connectivity index is 2.20. The topological polar surface area (TPSA) is 114 Å². The number of hydrogen-bond acceptors (Lipinski definition) is 6. The van der Waals surface area contributed by atoms with Gasteiger partial charge in [0.15, 0.2) is 5.69 Å². The van der Waals surface area contributed by atoms with Crippen LogP contribution >= 0.6 is 0 Å². The number of carbonyl (C=O) groups is 1. The van der Waals surface area contributed by atoms with E-state index in [4.69, 9.17) is 15.4 Å². The number of aromatic nitrogens is 2. The summed E-state index contributed by atoms with van der Waals surface area (Å²) in [4.78, 5) is 14.8. The monoisotopic (exact) mass is 262 g/mol. The molecule has 0 bridgehead atoms. The molecule has 0 saturated carbocycles. The molecule has 0 amide bonds. The first-order valence-corrected chi connectivity index (χ1v) is 5.64. The molecule has 2 aromatic heterocycles. The van der Waals surface area contributed by atoms with Crippen LogP contribution in [-0.2, 0) is 6.54 Å². The second-order valence-corrected chi connectivity index (χ2v) is 4.10. The maximum Gasteiger partial charge on any atom is 0.354 e. The zero-order chi connectivity index (χ0) is 14.0. The third-order valence-corrected chi connectivity index (χ3v) is 2.76. The number of carboxylic acids is 1. The fraction of sp³-hybridized carbons (Fsp3) is 0.250. The number of aryl methyl sites for hydroxylation is 2. The maximum atomic E-state index is 10.8. The predicted molar refractivity (Wildman–Crippen MR) is 68.9 cm³/mol. The van der Waals surface area contributed by atoms with Crippen molar-refractivity contribution in [2.24, 2.45) is 0 Å². The summed E-state index contributed by atoms with van der Waals surface area (Å²) >= 11 is 0. The van der Waals surface area contributed by atoms with Gasteiger partial charge in [-0.1, -0.05) is 5.16 Å². The highest BCUT2D eigenvalue weighted by atomic mass is 16.5. The molecule has 19 heavy (non-hydrogen) atoms. The lowest BCUT2D eigenvalue weighted by Crippen LogP contribution is -2.09. The Morgan fingerprint density at radius 3 is 2.79 bits per heavy atom. The molecule has 0 aliphatic heterocycles. The molecule has 2 rings (SSSR count). The number of carboxylic acid groups (broad SMARTS) is 1. The summed E-state index contributed by atoms with van der Waals surface area (Å²) in [6.07, 6.45) is 0. The summed E-state index contributed by atoms with van der Waals surface area (Å²) in [7, 11) is 0. The smallest absolute Gasteiger partial charge is 0.354 e. The van der Waals surface area contributed by atoms with E-state index >= 15 is 0 Å². The van der Waals surface area contributed by atoms with Gasteiger partial charge in [0, 0.05) is 12.1 Å². The van der Waals surface area contributed by atoms with Crippen molar-refractivity contribution in [3.8, 4) is 0 Å². The van der Waals surface area contributed by atoms with Crippen molar-refractivity contribution < 1.29 is 14.4 Å². The molecule has 0 spiro atoms. The molecular formula is C12H14N4O3. The quantitative estimate of drug-likeness (QED) is 0.766. The average molecular weight is 262 g/mol. The van der Waals surface area contributed by atoms with Crippen LogP contribution in [0.5, 0.6) is 0 Å². The van der Waals surface area contributed by atoms with E-state index in [-0.39, 0.29) is 5.69 Å². The minimum absolute atomic E-state index is 0.0598. The zero-order valence-corrected chi connectivity index (χ0v) is 10.6. The second-order valence-electron chi connectivity index (χ2n) is 4.10. The largest absolute Gasteiger partial charge is 0.477 e. The van der Waals surface area contributed by atoms with Gasteiger partial charge in [-0.15, -0.1) is 0 Å². The second kappa shape index (κ2) is 4.97. The number of nitrogens with two attached hydrogens (primary N) is 1. The van der Waals surface area contributed by atoms with Crippen molar-refractivity contribution in [1.29, 1.82) is 0 Å². The average Bonchev–Trinajstić information content (AvgIpc) is 2.68. The van der Waals surface area contributed by atoms with Crippen molar-refractivity contribution in [3.05, 3.63) is 34.8 Å². The molecule has 4 N–H and O–H groups in total. The molecule has 0 aliphatic carbocycles. The van der Waals surface area contributed by atoms with Crippen LogP contribution in [0.25, 0.3) is 0 Å². The van der Waals surface area contributed by atoms with E-state index in [0.29, 0.717) is 23.8 Å². The summed E-state index contributed by atoms with van der Waals surface area (Å²) in [5.41, 5.74) is 7.75. The van der Waals surface area contributed by atoms with Crippen LogP contribution in [-0.4, -0.2) is 21.2 Å². The summed E-state index contributed by atoms with van der Waals surface area (Å²) in [5, 5.41) is 15.7. The van der Waals surface area contributed by atoms with Crippen LogP contribution in [0, 0.1) is 13.8 Å². The summed E-state index contributed by atoms with van der Waals surface area (Å²) in [6, 6.07) is 2.87. The number of nitrogens with one attached hydrogen (secondary N) is 1. The Morgan fingerprint density at radius 1 is 1.47 bits per heavy atom. The third kappa shape index (κ3) is 2.65. The van der Waals surface area contributed by atoms with Gasteiger partial charge in [-0.3, -0.25) is 0 Å². The SMILES string of the molecule is Cc1noc(C)c1CNc1nc(C(=O)O)ccc1N. The Kier molecular flexibility index (Phi) is 3.37. The van der Waals surface area contributed by atoms with Crippen LogP contribution in [0.4, 0.5) is 11.5 Å². The highest BCUT2D eigenvalue weighted by Crippen LogP contribution is 2.19. The fourth-order valence-electron chi connectivity index (χ4n) is 1.66. The summed E-state index contributed by atoms with van der Waals surface area (Å²) < 4.78 is 5.04. The van der Waals surface area contributed by atoms with E-state index < -0.39 is 5.97 Å². The number of rotatable bonds is 4. The molecule has 0 unspecified atom stereocenters. The molecule has 0 aromatic carbocycles. The van der Waals surface area contributed by atoms with E-state index in [1.54, 1.807) is 0 Å². The highest BCUT2D eigenvalue weighted by Gasteiger charge is 2.11. The molecule has 2 heterocycles. The van der Waals surface area contributed by atoms with Crippen LogP contribution in [0.2, 0.25) is 0 Å². The molecule has 0 fully saturated rings. The van der Waals surface area contributed by atoms with Crippen LogP contribution in [0.1, 0.15) is 27.5 Å². The van der Waals surface area contributed by atoms with Crippen molar-refractivity contribution in [2.75, 3.05) is 11.1 Å². The highest BCUT2D eigenvalue weighted by molar-refractivity contribution is 5.86. The molecule has 2 aromatic rings. The van der Waals surface area contributed by atoms with Crippen molar-refractivity contribution in [3.63, 3.8) is 0 Å². The van der Waals surface area contributed by atoms with Crippen molar-refractivity contribution in [1.82, 2.24) is 10.1 Å². The van der Waals surface area contributed by atoms with Gasteiger partial charge in [-0.2, -0.15) is 0 Å². The van der Waals surface area contributed by atoms with Crippen LogP contribution < -0.4 is 11.1 Å². The first-order chi connectivity index (χ1) is 8.99. The lowest BCUT2D eigenvalue weighted by atomic mass is 10.2. The van der Waals surface area contributed by atoms with E-state index in [2.05, 4.69) is 15.5 Å². The Hall–Kier alpha value is -2.57. The van der Waals surface area contributed by atoms with E-state index in [1.165, 1.54) is 12.1 Å². The van der Waals surface area contributed by atoms with E-state index in [9.17, 15) is 4.79 Å². The summed E-state index contributed by atoms with van der Waals surface area (Å²) in [5.74, 6) is -0.0572. The van der Waals surface area contributed by atoms with Crippen molar-refractivity contribution in [2.45, 2.75) is 20.4 Å². The molecule has 0 aliphatic rings. The maximum absolute atomic E-state index is 10.8.